The van der Waals surface area contributed by atoms with E-state index in [2.05, 4.69) is 4.98 Å². The highest BCUT2D eigenvalue weighted by Crippen LogP contribution is 2.33. The number of aliphatic hydroxyl groups excluding tert-OH is 2. The smallest absolute Gasteiger partial charge is 0.128 e. The van der Waals surface area contributed by atoms with Crippen LogP contribution in [0.2, 0.25) is 0 Å². The molecule has 0 radical (unpaired) electrons. The fourth-order valence-electron chi connectivity index (χ4n) is 2.31. The maximum absolute atomic E-state index is 9.66. The molecule has 1 heterocycles. The summed E-state index contributed by atoms with van der Waals surface area (Å²) in [5.41, 5.74) is 2.30. The van der Waals surface area contributed by atoms with Crippen LogP contribution in [0.3, 0.4) is 0 Å². The Bertz CT molecular complexity index is 426. The Morgan fingerprint density at radius 2 is 1.84 bits per heavy atom. The number of aryl methyl sites for hydroxylation is 1. The highest BCUT2D eigenvalue weighted by Gasteiger charge is 2.34. The molecule has 108 valence electrons. The molecule has 0 aromatic carbocycles. The number of hydrogen-bond donors (Lipinski definition) is 2. The van der Waals surface area contributed by atoms with Gasteiger partial charge < -0.3 is 14.9 Å². The van der Waals surface area contributed by atoms with Gasteiger partial charge in [0.15, 0.2) is 0 Å². The van der Waals surface area contributed by atoms with Crippen LogP contribution in [0.25, 0.3) is 0 Å². The van der Waals surface area contributed by atoms with Gasteiger partial charge in [0, 0.05) is 34.9 Å². The minimum atomic E-state index is -0.544. The Labute approximate surface area is 115 Å². The summed E-state index contributed by atoms with van der Waals surface area (Å²) in [5.74, 6) is 0.995. The number of aromatic nitrogens is 1. The van der Waals surface area contributed by atoms with Gasteiger partial charge in [-0.05, 0) is 19.8 Å². The topological polar surface area (TPSA) is 62.6 Å². The van der Waals surface area contributed by atoms with Crippen molar-refractivity contribution in [3.63, 3.8) is 0 Å². The Balaban J connectivity index is 3.18. The van der Waals surface area contributed by atoms with Crippen molar-refractivity contribution >= 4 is 0 Å². The van der Waals surface area contributed by atoms with Crippen molar-refractivity contribution in [2.75, 3.05) is 20.3 Å². The largest absolute Gasteiger partial charge is 0.496 e. The van der Waals surface area contributed by atoms with Crippen LogP contribution in [0.1, 0.15) is 30.7 Å². The van der Waals surface area contributed by atoms with E-state index in [1.807, 2.05) is 27.7 Å². The van der Waals surface area contributed by atoms with E-state index in [9.17, 15) is 10.2 Å². The van der Waals surface area contributed by atoms with Crippen molar-refractivity contribution in [1.29, 1.82) is 0 Å². The zero-order valence-electron chi connectivity index (χ0n) is 12.5. The molecule has 4 nitrogen and oxygen atoms in total. The average molecular weight is 267 g/mol. The van der Waals surface area contributed by atoms with Crippen LogP contribution in [-0.2, 0) is 6.42 Å². The Morgan fingerprint density at radius 3 is 2.26 bits per heavy atom. The molecule has 0 aliphatic rings. The molecule has 0 amide bonds. The minimum absolute atomic E-state index is 0.0571. The molecule has 1 aromatic heterocycles. The summed E-state index contributed by atoms with van der Waals surface area (Å²) in [4.78, 5) is 4.45. The Hall–Kier alpha value is -1.13. The molecular weight excluding hydrogens is 242 g/mol. The van der Waals surface area contributed by atoms with Crippen molar-refractivity contribution in [3.8, 4) is 5.75 Å². The molecule has 0 spiro atoms. The van der Waals surface area contributed by atoms with E-state index in [-0.39, 0.29) is 19.1 Å². The molecule has 0 aliphatic carbocycles. The zero-order valence-corrected chi connectivity index (χ0v) is 12.5. The summed E-state index contributed by atoms with van der Waals surface area (Å²) in [7, 11) is 1.65. The van der Waals surface area contributed by atoms with Crippen LogP contribution in [0, 0.1) is 25.2 Å². The number of hydrogen-bond acceptors (Lipinski definition) is 4. The maximum Gasteiger partial charge on any atom is 0.128 e. The van der Waals surface area contributed by atoms with Crippen molar-refractivity contribution in [2.45, 2.75) is 34.1 Å². The molecule has 0 saturated heterocycles. The number of ether oxygens (including phenoxy) is 1. The fourth-order valence-corrected chi connectivity index (χ4v) is 2.31. The monoisotopic (exact) mass is 267 g/mol. The SMILES string of the molecule is COc1c(C)cnc(CC(CO)(CO)C(C)C)c1C. The van der Waals surface area contributed by atoms with Crippen molar-refractivity contribution < 1.29 is 14.9 Å². The third-order valence-electron chi connectivity index (χ3n) is 4.12. The average Bonchev–Trinajstić information content (AvgIpc) is 2.39. The normalized spacial score (nSPS) is 12.0. The van der Waals surface area contributed by atoms with E-state index in [4.69, 9.17) is 4.74 Å². The predicted molar refractivity (Wildman–Crippen MR) is 75.4 cm³/mol. The summed E-state index contributed by atoms with van der Waals surface area (Å²) in [6, 6.07) is 0. The first-order chi connectivity index (χ1) is 8.91. The van der Waals surface area contributed by atoms with E-state index in [1.54, 1.807) is 13.3 Å². The number of pyridine rings is 1. The molecule has 0 fully saturated rings. The van der Waals surface area contributed by atoms with Crippen LogP contribution in [-0.4, -0.2) is 35.5 Å². The molecule has 0 atom stereocenters. The summed E-state index contributed by atoms with van der Waals surface area (Å²) in [5, 5.41) is 19.3. The van der Waals surface area contributed by atoms with Crippen LogP contribution >= 0.6 is 0 Å². The molecule has 2 N–H and O–H groups in total. The standard InChI is InChI=1S/C15H25NO3/c1-10(2)15(8-17,9-18)6-13-12(4)14(19-5)11(3)7-16-13/h7,10,17-18H,6,8-9H2,1-5H3. The van der Waals surface area contributed by atoms with Gasteiger partial charge in [0.2, 0.25) is 0 Å². The highest BCUT2D eigenvalue weighted by atomic mass is 16.5. The van der Waals surface area contributed by atoms with Crippen molar-refractivity contribution in [2.24, 2.45) is 11.3 Å². The molecule has 0 unspecified atom stereocenters. The summed E-state index contributed by atoms with van der Waals surface area (Å²) < 4.78 is 5.39. The van der Waals surface area contributed by atoms with Gasteiger partial charge in [-0.15, -0.1) is 0 Å². The second-order valence-electron chi connectivity index (χ2n) is 5.56. The Morgan fingerprint density at radius 1 is 1.26 bits per heavy atom. The van der Waals surface area contributed by atoms with Crippen LogP contribution in [0.4, 0.5) is 0 Å². The third kappa shape index (κ3) is 3.07. The first kappa shape index (κ1) is 15.9. The zero-order chi connectivity index (χ0) is 14.6. The quantitative estimate of drug-likeness (QED) is 0.826. The minimum Gasteiger partial charge on any atom is -0.496 e. The van der Waals surface area contributed by atoms with E-state index in [0.717, 1.165) is 22.6 Å². The molecule has 1 aromatic rings. The number of aliphatic hydroxyl groups is 2. The van der Waals surface area contributed by atoms with Gasteiger partial charge in [-0.25, -0.2) is 0 Å². The van der Waals surface area contributed by atoms with Gasteiger partial charge >= 0.3 is 0 Å². The van der Waals surface area contributed by atoms with Gasteiger partial charge in [-0.1, -0.05) is 13.8 Å². The predicted octanol–water partition coefficient (Wildman–Crippen LogP) is 1.88. The molecule has 4 heteroatoms. The van der Waals surface area contributed by atoms with E-state index < -0.39 is 5.41 Å². The molecule has 0 bridgehead atoms. The summed E-state index contributed by atoms with van der Waals surface area (Å²) in [6.07, 6.45) is 2.32. The van der Waals surface area contributed by atoms with Crippen LogP contribution in [0.5, 0.6) is 5.75 Å². The maximum atomic E-state index is 9.66. The van der Waals surface area contributed by atoms with E-state index >= 15 is 0 Å². The lowest BCUT2D eigenvalue weighted by Crippen LogP contribution is -2.38. The van der Waals surface area contributed by atoms with Crippen molar-refractivity contribution in [3.05, 3.63) is 23.0 Å². The van der Waals surface area contributed by atoms with E-state index in [0.29, 0.717) is 6.42 Å². The summed E-state index contributed by atoms with van der Waals surface area (Å²) in [6.45, 7) is 7.82. The van der Waals surface area contributed by atoms with E-state index in [1.165, 1.54) is 0 Å². The van der Waals surface area contributed by atoms with Crippen LogP contribution < -0.4 is 4.74 Å². The lowest BCUT2D eigenvalue weighted by atomic mass is 9.74. The lowest BCUT2D eigenvalue weighted by molar-refractivity contribution is 0.0154. The fraction of sp³-hybridized carbons (Fsp3) is 0.667. The molecule has 1 rings (SSSR count). The van der Waals surface area contributed by atoms with Gasteiger partial charge in [-0.2, -0.15) is 0 Å². The lowest BCUT2D eigenvalue weighted by Gasteiger charge is -2.34. The Kier molecular flexibility index (Phi) is 5.32. The second-order valence-corrected chi connectivity index (χ2v) is 5.56. The summed E-state index contributed by atoms with van der Waals surface area (Å²) >= 11 is 0. The van der Waals surface area contributed by atoms with Crippen molar-refractivity contribution in [1.82, 2.24) is 4.98 Å². The molecule has 0 aliphatic heterocycles. The first-order valence-corrected chi connectivity index (χ1v) is 6.62. The number of rotatable bonds is 6. The van der Waals surface area contributed by atoms with Gasteiger partial charge in [-0.3, -0.25) is 4.98 Å². The molecular formula is C15H25NO3. The molecule has 0 saturated carbocycles. The van der Waals surface area contributed by atoms with Gasteiger partial charge in [0.25, 0.3) is 0 Å². The highest BCUT2D eigenvalue weighted by molar-refractivity contribution is 5.41. The number of methoxy groups -OCH3 is 1. The number of nitrogens with zero attached hydrogens (tertiary/aromatic N) is 1. The first-order valence-electron chi connectivity index (χ1n) is 6.62. The van der Waals surface area contributed by atoms with Gasteiger partial charge in [0.05, 0.1) is 20.3 Å². The third-order valence-corrected chi connectivity index (χ3v) is 4.12. The van der Waals surface area contributed by atoms with Crippen LogP contribution in [0.15, 0.2) is 6.20 Å². The second kappa shape index (κ2) is 6.35. The molecule has 19 heavy (non-hydrogen) atoms. The van der Waals surface area contributed by atoms with Gasteiger partial charge in [0.1, 0.15) is 5.75 Å².